The first-order valence-corrected chi connectivity index (χ1v) is 8.93. The molecule has 0 N–H and O–H groups in total. The van der Waals surface area contributed by atoms with Gasteiger partial charge in [-0.3, -0.25) is 0 Å². The van der Waals surface area contributed by atoms with E-state index in [4.69, 9.17) is 14.2 Å². The van der Waals surface area contributed by atoms with Gasteiger partial charge in [-0.15, -0.1) is 0 Å². The summed E-state index contributed by atoms with van der Waals surface area (Å²) in [5.74, 6) is -0.300. The Morgan fingerprint density at radius 3 is 2.00 bits per heavy atom. The van der Waals surface area contributed by atoms with E-state index in [1.165, 1.54) is 0 Å². The van der Waals surface area contributed by atoms with Crippen LogP contribution in [-0.4, -0.2) is 36.5 Å². The van der Waals surface area contributed by atoms with Crippen LogP contribution in [0.4, 0.5) is 0 Å². The van der Waals surface area contributed by atoms with Crippen LogP contribution < -0.4 is 0 Å². The van der Waals surface area contributed by atoms with Gasteiger partial charge in [-0.1, -0.05) is 20.8 Å². The maximum Gasteiger partial charge on any atom is 0.335 e. The molecule has 2 unspecified atom stereocenters. The Labute approximate surface area is 143 Å². The van der Waals surface area contributed by atoms with Crippen LogP contribution in [0.5, 0.6) is 0 Å². The van der Waals surface area contributed by atoms with E-state index in [1.54, 1.807) is 6.92 Å². The van der Waals surface area contributed by atoms with Crippen LogP contribution in [0.25, 0.3) is 0 Å². The van der Waals surface area contributed by atoms with E-state index in [-0.39, 0.29) is 17.0 Å². The summed E-state index contributed by atoms with van der Waals surface area (Å²) in [6.07, 6.45) is 2.19. The molecule has 2 atom stereocenters. The van der Waals surface area contributed by atoms with Gasteiger partial charge in [0.15, 0.2) is 6.10 Å². The molecular weight excluding hydrogens is 292 g/mol. The van der Waals surface area contributed by atoms with E-state index in [1.807, 2.05) is 20.8 Å². The van der Waals surface area contributed by atoms with Crippen molar-refractivity contribution in [1.82, 2.24) is 0 Å². The summed E-state index contributed by atoms with van der Waals surface area (Å²) < 4.78 is 17.1. The van der Waals surface area contributed by atoms with Crippen molar-refractivity contribution in [2.75, 3.05) is 13.2 Å². The van der Waals surface area contributed by atoms with Crippen molar-refractivity contribution in [2.24, 2.45) is 5.41 Å². The number of esters is 1. The van der Waals surface area contributed by atoms with Crippen LogP contribution >= 0.6 is 0 Å². The molecule has 0 aliphatic rings. The zero-order valence-electron chi connectivity index (χ0n) is 16.7. The molecule has 0 bridgehead atoms. The second-order valence-corrected chi connectivity index (χ2v) is 7.65. The van der Waals surface area contributed by atoms with E-state index in [2.05, 4.69) is 34.6 Å². The fourth-order valence-electron chi connectivity index (χ4n) is 2.33. The van der Waals surface area contributed by atoms with Crippen molar-refractivity contribution >= 4 is 5.97 Å². The van der Waals surface area contributed by atoms with E-state index in [0.717, 1.165) is 19.3 Å². The van der Waals surface area contributed by atoms with Crippen molar-refractivity contribution in [2.45, 2.75) is 98.9 Å². The first-order valence-electron chi connectivity index (χ1n) is 8.93. The summed E-state index contributed by atoms with van der Waals surface area (Å²) in [4.78, 5) is 12.2. The molecule has 0 aromatic carbocycles. The molecule has 0 amide bonds. The molecule has 0 saturated carbocycles. The summed E-state index contributed by atoms with van der Waals surface area (Å²) in [6.45, 7) is 19.4. The number of ether oxygens (including phenoxy) is 3. The van der Waals surface area contributed by atoms with Gasteiger partial charge in [-0.2, -0.15) is 0 Å². The van der Waals surface area contributed by atoms with Crippen LogP contribution in [0.3, 0.4) is 0 Å². The van der Waals surface area contributed by atoms with Gasteiger partial charge in [0, 0.05) is 18.6 Å². The van der Waals surface area contributed by atoms with E-state index < -0.39 is 11.7 Å². The smallest absolute Gasteiger partial charge is 0.335 e. The van der Waals surface area contributed by atoms with Crippen LogP contribution in [0.2, 0.25) is 0 Å². The molecule has 4 nitrogen and oxygen atoms in total. The summed E-state index contributed by atoms with van der Waals surface area (Å²) >= 11 is 0. The summed E-state index contributed by atoms with van der Waals surface area (Å²) in [7, 11) is 0. The molecule has 0 rings (SSSR count). The van der Waals surface area contributed by atoms with Gasteiger partial charge in [0.2, 0.25) is 0 Å². The van der Waals surface area contributed by atoms with Crippen LogP contribution in [-0.2, 0) is 19.0 Å². The fourth-order valence-corrected chi connectivity index (χ4v) is 2.33. The average molecular weight is 331 g/mol. The summed E-state index contributed by atoms with van der Waals surface area (Å²) in [5, 5.41) is 0. The lowest BCUT2D eigenvalue weighted by atomic mass is 9.71. The largest absolute Gasteiger partial charge is 0.457 e. The highest BCUT2D eigenvalue weighted by atomic mass is 16.6. The van der Waals surface area contributed by atoms with Crippen molar-refractivity contribution in [3.63, 3.8) is 0 Å². The van der Waals surface area contributed by atoms with Crippen LogP contribution in [0.15, 0.2) is 0 Å². The third-order valence-corrected chi connectivity index (χ3v) is 5.34. The molecule has 0 fully saturated rings. The molecule has 0 radical (unpaired) electrons. The lowest BCUT2D eigenvalue weighted by Crippen LogP contribution is -2.47. The molecule has 0 aliphatic heterocycles. The first-order chi connectivity index (χ1) is 10.4. The number of hydrogen-bond donors (Lipinski definition) is 0. The molecule has 0 aromatic rings. The van der Waals surface area contributed by atoms with Gasteiger partial charge in [0.05, 0.1) is 5.60 Å². The molecule has 0 saturated heterocycles. The lowest BCUT2D eigenvalue weighted by molar-refractivity contribution is -0.184. The Hall–Kier alpha value is -0.610. The second kappa shape index (κ2) is 9.03. The van der Waals surface area contributed by atoms with Gasteiger partial charge in [0.1, 0.15) is 5.60 Å². The Balaban J connectivity index is 4.84. The second-order valence-electron chi connectivity index (χ2n) is 7.65. The standard InChI is InChI=1S/C19H38O4/c1-10-17(5,6)22-14-13-19(9,11-2)18(7,8)23-16(20)15(4)21-12-3/h15H,10-14H2,1-9H3. The minimum atomic E-state index is -0.579. The molecule has 4 heteroatoms. The van der Waals surface area contributed by atoms with Crippen LogP contribution in [0.1, 0.15) is 81.6 Å². The number of rotatable bonds is 11. The third kappa shape index (κ3) is 6.80. The van der Waals surface area contributed by atoms with Gasteiger partial charge in [0.25, 0.3) is 0 Å². The zero-order chi connectivity index (χ0) is 18.3. The molecule has 0 aliphatic carbocycles. The number of carbonyl (C=O) groups excluding carboxylic acids is 1. The zero-order valence-corrected chi connectivity index (χ0v) is 16.7. The van der Waals surface area contributed by atoms with Gasteiger partial charge in [-0.05, 0) is 60.8 Å². The van der Waals surface area contributed by atoms with Crippen molar-refractivity contribution < 1.29 is 19.0 Å². The Bertz CT molecular complexity index is 362. The van der Waals surface area contributed by atoms with Crippen molar-refractivity contribution in [1.29, 1.82) is 0 Å². The molecule has 23 heavy (non-hydrogen) atoms. The molecule has 0 aromatic heterocycles. The third-order valence-electron chi connectivity index (χ3n) is 5.34. The predicted molar refractivity (Wildman–Crippen MR) is 94.6 cm³/mol. The average Bonchev–Trinajstić information content (AvgIpc) is 2.46. The van der Waals surface area contributed by atoms with Gasteiger partial charge < -0.3 is 14.2 Å². The molecule has 138 valence electrons. The molecular formula is C19H38O4. The van der Waals surface area contributed by atoms with E-state index in [9.17, 15) is 4.79 Å². The molecule has 0 spiro atoms. The minimum absolute atomic E-state index is 0.112. The Morgan fingerprint density at radius 1 is 1.00 bits per heavy atom. The van der Waals surface area contributed by atoms with Gasteiger partial charge >= 0.3 is 5.97 Å². The van der Waals surface area contributed by atoms with Crippen LogP contribution in [0, 0.1) is 5.41 Å². The SMILES string of the molecule is CCOC(C)C(=O)OC(C)(C)C(C)(CC)CCOC(C)(C)CC. The maximum atomic E-state index is 12.2. The molecule has 0 heterocycles. The number of hydrogen-bond acceptors (Lipinski definition) is 4. The topological polar surface area (TPSA) is 44.8 Å². The maximum absolute atomic E-state index is 12.2. The number of carbonyl (C=O) groups is 1. The fraction of sp³-hybridized carbons (Fsp3) is 0.947. The normalized spacial score (nSPS) is 16.7. The monoisotopic (exact) mass is 330 g/mol. The summed E-state index contributed by atoms with van der Waals surface area (Å²) in [6, 6.07) is 0. The quantitative estimate of drug-likeness (QED) is 0.513. The Kier molecular flexibility index (Phi) is 8.79. The van der Waals surface area contributed by atoms with Crippen molar-refractivity contribution in [3.05, 3.63) is 0 Å². The lowest BCUT2D eigenvalue weighted by Gasteiger charge is -2.44. The van der Waals surface area contributed by atoms with E-state index >= 15 is 0 Å². The Morgan fingerprint density at radius 2 is 1.57 bits per heavy atom. The summed E-state index contributed by atoms with van der Waals surface area (Å²) in [5.41, 5.74) is -0.846. The van der Waals surface area contributed by atoms with Crippen molar-refractivity contribution in [3.8, 4) is 0 Å². The highest BCUT2D eigenvalue weighted by molar-refractivity contribution is 5.74. The van der Waals surface area contributed by atoms with E-state index in [0.29, 0.717) is 13.2 Å². The minimum Gasteiger partial charge on any atom is -0.457 e. The highest BCUT2D eigenvalue weighted by Crippen LogP contribution is 2.41. The highest BCUT2D eigenvalue weighted by Gasteiger charge is 2.43. The first kappa shape index (κ1) is 22.4. The van der Waals surface area contributed by atoms with Gasteiger partial charge in [-0.25, -0.2) is 4.79 Å². The predicted octanol–water partition coefficient (Wildman–Crippen LogP) is 4.74.